The van der Waals surface area contributed by atoms with Gasteiger partial charge in [0.15, 0.2) is 0 Å². The molecular formula is C19H13FN2O2S. The summed E-state index contributed by atoms with van der Waals surface area (Å²) in [5.74, 6) is -0.641. The maximum Gasteiger partial charge on any atom is 0.290 e. The van der Waals surface area contributed by atoms with Gasteiger partial charge in [0, 0.05) is 28.2 Å². The van der Waals surface area contributed by atoms with Crippen LogP contribution in [0, 0.1) is 5.82 Å². The number of aromatic nitrogens is 1. The van der Waals surface area contributed by atoms with Gasteiger partial charge in [-0.3, -0.25) is 14.9 Å². The third kappa shape index (κ3) is 2.96. The molecule has 0 aliphatic carbocycles. The van der Waals surface area contributed by atoms with E-state index in [2.05, 4.69) is 5.32 Å². The highest BCUT2D eigenvalue weighted by molar-refractivity contribution is 8.18. The molecule has 4 nitrogen and oxygen atoms in total. The smallest absolute Gasteiger partial charge is 0.290 e. The highest BCUT2D eigenvalue weighted by atomic mass is 32.2. The number of benzene rings is 2. The van der Waals surface area contributed by atoms with Gasteiger partial charge in [0.2, 0.25) is 0 Å². The van der Waals surface area contributed by atoms with E-state index >= 15 is 0 Å². The molecule has 0 bridgehead atoms. The van der Waals surface area contributed by atoms with E-state index in [1.54, 1.807) is 24.3 Å². The summed E-state index contributed by atoms with van der Waals surface area (Å²) < 4.78 is 15.9. The molecule has 0 saturated carbocycles. The zero-order valence-electron chi connectivity index (χ0n) is 13.0. The molecule has 0 spiro atoms. The number of para-hydroxylation sites is 1. The SMILES string of the molecule is O=C1NC(=O)C(=Cc2cn(Cc3ccccc3F)c3ccccc23)S1. The van der Waals surface area contributed by atoms with Gasteiger partial charge in [-0.15, -0.1) is 0 Å². The Morgan fingerprint density at radius 1 is 1.08 bits per heavy atom. The quantitative estimate of drug-likeness (QED) is 0.721. The molecule has 0 radical (unpaired) electrons. The molecule has 6 heteroatoms. The van der Waals surface area contributed by atoms with Crippen molar-refractivity contribution in [2.45, 2.75) is 6.54 Å². The van der Waals surface area contributed by atoms with Crippen LogP contribution in [0.2, 0.25) is 0 Å². The molecule has 1 aliphatic heterocycles. The summed E-state index contributed by atoms with van der Waals surface area (Å²) in [6, 6.07) is 14.4. The second-order valence-electron chi connectivity index (χ2n) is 5.67. The number of hydrogen-bond acceptors (Lipinski definition) is 3. The van der Waals surface area contributed by atoms with Gasteiger partial charge in [-0.25, -0.2) is 4.39 Å². The number of nitrogens with zero attached hydrogens (tertiary/aromatic N) is 1. The summed E-state index contributed by atoms with van der Waals surface area (Å²) >= 11 is 0.885. The minimum atomic E-state index is -0.388. The van der Waals surface area contributed by atoms with Gasteiger partial charge in [-0.1, -0.05) is 36.4 Å². The number of halogens is 1. The second kappa shape index (κ2) is 6.22. The van der Waals surface area contributed by atoms with Crippen molar-refractivity contribution in [1.29, 1.82) is 0 Å². The lowest BCUT2D eigenvalue weighted by Crippen LogP contribution is -2.17. The van der Waals surface area contributed by atoms with E-state index in [1.807, 2.05) is 35.0 Å². The molecule has 1 aromatic heterocycles. The van der Waals surface area contributed by atoms with Crippen molar-refractivity contribution in [3.63, 3.8) is 0 Å². The van der Waals surface area contributed by atoms with Crippen LogP contribution in [0.4, 0.5) is 9.18 Å². The van der Waals surface area contributed by atoms with E-state index in [0.29, 0.717) is 17.0 Å². The van der Waals surface area contributed by atoms with Crippen LogP contribution in [0.1, 0.15) is 11.1 Å². The van der Waals surface area contributed by atoms with Crippen LogP contribution in [0.25, 0.3) is 17.0 Å². The molecule has 1 fully saturated rings. The fourth-order valence-corrected chi connectivity index (χ4v) is 3.57. The number of hydrogen-bond donors (Lipinski definition) is 1. The lowest BCUT2D eigenvalue weighted by Gasteiger charge is -2.06. The highest BCUT2D eigenvalue weighted by Gasteiger charge is 2.25. The maximum absolute atomic E-state index is 14.0. The molecule has 4 rings (SSSR count). The van der Waals surface area contributed by atoms with E-state index in [9.17, 15) is 14.0 Å². The molecule has 1 saturated heterocycles. The lowest BCUT2D eigenvalue weighted by atomic mass is 10.1. The summed E-state index contributed by atoms with van der Waals surface area (Å²) in [7, 11) is 0. The number of carbonyl (C=O) groups excluding carboxylic acids is 2. The number of thioether (sulfide) groups is 1. The van der Waals surface area contributed by atoms with Crippen molar-refractivity contribution in [3.8, 4) is 0 Å². The van der Waals surface area contributed by atoms with Crippen LogP contribution in [0.15, 0.2) is 59.6 Å². The minimum Gasteiger partial charge on any atom is -0.342 e. The van der Waals surface area contributed by atoms with Crippen LogP contribution in [-0.4, -0.2) is 15.7 Å². The first-order valence-electron chi connectivity index (χ1n) is 7.68. The number of fused-ring (bicyclic) bond motifs is 1. The number of rotatable bonds is 3. The van der Waals surface area contributed by atoms with E-state index in [1.165, 1.54) is 6.07 Å². The Balaban J connectivity index is 1.79. The predicted octanol–water partition coefficient (Wildman–Crippen LogP) is 4.15. The second-order valence-corrected chi connectivity index (χ2v) is 6.69. The van der Waals surface area contributed by atoms with Crippen LogP contribution in [0.3, 0.4) is 0 Å². The van der Waals surface area contributed by atoms with Gasteiger partial charge < -0.3 is 4.57 Å². The molecule has 3 aromatic rings. The topological polar surface area (TPSA) is 51.1 Å². The molecule has 124 valence electrons. The van der Waals surface area contributed by atoms with E-state index in [0.717, 1.165) is 28.2 Å². The summed E-state index contributed by atoms with van der Waals surface area (Å²) in [4.78, 5) is 23.5. The normalized spacial score (nSPS) is 16.0. The zero-order valence-corrected chi connectivity index (χ0v) is 13.8. The Labute approximate surface area is 147 Å². The Morgan fingerprint density at radius 2 is 1.84 bits per heavy atom. The van der Waals surface area contributed by atoms with Crippen LogP contribution >= 0.6 is 11.8 Å². The number of nitrogens with one attached hydrogen (secondary N) is 1. The Bertz CT molecular complexity index is 1040. The van der Waals surface area contributed by atoms with Gasteiger partial charge >= 0.3 is 0 Å². The zero-order chi connectivity index (χ0) is 17.4. The van der Waals surface area contributed by atoms with E-state index in [-0.39, 0.29) is 17.0 Å². The first-order valence-corrected chi connectivity index (χ1v) is 8.49. The molecular weight excluding hydrogens is 339 g/mol. The van der Waals surface area contributed by atoms with E-state index in [4.69, 9.17) is 0 Å². The maximum atomic E-state index is 14.0. The summed E-state index contributed by atoms with van der Waals surface area (Å²) in [5, 5.41) is 2.82. The third-order valence-electron chi connectivity index (χ3n) is 4.05. The standard InChI is InChI=1S/C19H13FN2O2S/c20-15-7-3-1-5-12(15)10-22-11-13(14-6-2-4-8-16(14)22)9-17-18(23)21-19(24)25-17/h1-9,11H,10H2,(H,21,23,24). The van der Waals surface area contributed by atoms with Crippen LogP contribution in [0.5, 0.6) is 0 Å². The average Bonchev–Trinajstić information content (AvgIpc) is 3.10. The molecule has 2 aromatic carbocycles. The van der Waals surface area contributed by atoms with Crippen molar-refractivity contribution >= 4 is 39.9 Å². The fourth-order valence-electron chi connectivity index (χ4n) is 2.89. The largest absolute Gasteiger partial charge is 0.342 e. The predicted molar refractivity (Wildman–Crippen MR) is 96.5 cm³/mol. The van der Waals surface area contributed by atoms with Crippen molar-refractivity contribution in [2.75, 3.05) is 0 Å². The fraction of sp³-hybridized carbons (Fsp3) is 0.0526. The number of carbonyl (C=O) groups is 2. The first kappa shape index (κ1) is 15.7. The third-order valence-corrected chi connectivity index (χ3v) is 4.86. The first-order chi connectivity index (χ1) is 12.1. The summed E-state index contributed by atoms with van der Waals surface area (Å²) in [6.07, 6.45) is 3.58. The Morgan fingerprint density at radius 3 is 2.60 bits per heavy atom. The van der Waals surface area contributed by atoms with Crippen LogP contribution < -0.4 is 5.32 Å². The highest BCUT2D eigenvalue weighted by Crippen LogP contribution is 2.30. The van der Waals surface area contributed by atoms with Crippen LogP contribution in [-0.2, 0) is 11.3 Å². The molecule has 0 unspecified atom stereocenters. The Kier molecular flexibility index (Phi) is 3.89. The molecule has 0 atom stereocenters. The van der Waals surface area contributed by atoms with Crippen molar-refractivity contribution < 1.29 is 14.0 Å². The number of imide groups is 1. The van der Waals surface area contributed by atoms with Gasteiger partial charge in [-0.05, 0) is 30.0 Å². The molecule has 1 N–H and O–H groups in total. The summed E-state index contributed by atoms with van der Waals surface area (Å²) in [5.41, 5.74) is 2.34. The van der Waals surface area contributed by atoms with Gasteiger partial charge in [0.05, 0.1) is 11.4 Å². The molecule has 25 heavy (non-hydrogen) atoms. The van der Waals surface area contributed by atoms with Gasteiger partial charge in [0.1, 0.15) is 5.82 Å². The van der Waals surface area contributed by atoms with E-state index < -0.39 is 0 Å². The summed E-state index contributed by atoms with van der Waals surface area (Å²) in [6.45, 7) is 0.384. The van der Waals surface area contributed by atoms with Crippen molar-refractivity contribution in [3.05, 3.63) is 76.6 Å². The average molecular weight is 352 g/mol. The van der Waals surface area contributed by atoms with Gasteiger partial charge in [0.25, 0.3) is 11.1 Å². The van der Waals surface area contributed by atoms with Crippen molar-refractivity contribution in [1.82, 2.24) is 9.88 Å². The number of amides is 2. The molecule has 1 aliphatic rings. The van der Waals surface area contributed by atoms with Crippen molar-refractivity contribution in [2.24, 2.45) is 0 Å². The lowest BCUT2D eigenvalue weighted by molar-refractivity contribution is -0.115. The van der Waals surface area contributed by atoms with Gasteiger partial charge in [-0.2, -0.15) is 0 Å². The monoisotopic (exact) mass is 352 g/mol. The molecule has 2 amide bonds. The minimum absolute atomic E-state index is 0.253. The Hall–Kier alpha value is -2.86. The molecule has 2 heterocycles.